The third-order valence-electron chi connectivity index (χ3n) is 4.06. The van der Waals surface area contributed by atoms with Crippen molar-refractivity contribution < 1.29 is 9.53 Å². The summed E-state index contributed by atoms with van der Waals surface area (Å²) < 4.78 is 6.57. The van der Waals surface area contributed by atoms with Gasteiger partial charge in [-0.1, -0.05) is 28.8 Å². The number of carbonyl (C=O) groups is 1. The van der Waals surface area contributed by atoms with Crippen LogP contribution in [0.5, 0.6) is 0 Å². The molecule has 5 heteroatoms. The Bertz CT molecular complexity index is 450. The summed E-state index contributed by atoms with van der Waals surface area (Å²) in [5, 5.41) is 2.82. The van der Waals surface area contributed by atoms with E-state index in [-0.39, 0.29) is 12.5 Å². The van der Waals surface area contributed by atoms with Gasteiger partial charge in [0.2, 0.25) is 5.91 Å². The van der Waals surface area contributed by atoms with E-state index in [9.17, 15) is 4.79 Å². The van der Waals surface area contributed by atoms with Crippen LogP contribution in [0.3, 0.4) is 0 Å². The number of nitrogens with one attached hydrogen (secondary N) is 1. The normalized spacial score (nSPS) is 22.0. The van der Waals surface area contributed by atoms with Crippen LogP contribution >= 0.6 is 15.9 Å². The zero-order valence-electron chi connectivity index (χ0n) is 12.2. The van der Waals surface area contributed by atoms with E-state index in [2.05, 4.69) is 21.2 Å². The highest BCUT2D eigenvalue weighted by molar-refractivity contribution is 9.10. The number of hydrogen-bond acceptors (Lipinski definition) is 3. The SMILES string of the molecule is NCC1CCCCC1COCC(=O)Nc1ccc(Br)cc1. The lowest BCUT2D eigenvalue weighted by atomic mass is 9.80. The Morgan fingerprint density at radius 3 is 2.57 bits per heavy atom. The summed E-state index contributed by atoms with van der Waals surface area (Å²) in [5.41, 5.74) is 6.58. The van der Waals surface area contributed by atoms with Crippen LogP contribution in [0.25, 0.3) is 0 Å². The van der Waals surface area contributed by atoms with Gasteiger partial charge < -0.3 is 15.8 Å². The molecule has 0 heterocycles. The molecule has 1 aromatic carbocycles. The fraction of sp³-hybridized carbons (Fsp3) is 0.562. The first-order valence-electron chi connectivity index (χ1n) is 7.52. The lowest BCUT2D eigenvalue weighted by Crippen LogP contribution is -2.31. The zero-order chi connectivity index (χ0) is 15.1. The Balaban J connectivity index is 1.70. The summed E-state index contributed by atoms with van der Waals surface area (Å²) in [5.74, 6) is 0.940. The van der Waals surface area contributed by atoms with Crippen LogP contribution in [0.2, 0.25) is 0 Å². The van der Waals surface area contributed by atoms with Gasteiger partial charge in [-0.05, 0) is 55.5 Å². The number of rotatable bonds is 6. The number of halogens is 1. The van der Waals surface area contributed by atoms with Gasteiger partial charge in [0, 0.05) is 10.2 Å². The number of anilines is 1. The number of nitrogens with two attached hydrogens (primary N) is 1. The van der Waals surface area contributed by atoms with Gasteiger partial charge in [0.05, 0.1) is 6.61 Å². The second-order valence-corrected chi connectivity index (χ2v) is 6.53. The number of hydrogen-bond donors (Lipinski definition) is 2. The van der Waals surface area contributed by atoms with E-state index in [1.165, 1.54) is 19.3 Å². The Labute approximate surface area is 134 Å². The van der Waals surface area contributed by atoms with Crippen LogP contribution in [0.1, 0.15) is 25.7 Å². The minimum absolute atomic E-state index is 0.101. The van der Waals surface area contributed by atoms with Crippen molar-refractivity contribution in [1.29, 1.82) is 0 Å². The largest absolute Gasteiger partial charge is 0.371 e. The Morgan fingerprint density at radius 1 is 1.24 bits per heavy atom. The fourth-order valence-electron chi connectivity index (χ4n) is 2.85. The molecular weight excluding hydrogens is 332 g/mol. The van der Waals surface area contributed by atoms with E-state index in [0.717, 1.165) is 23.1 Å². The predicted octanol–water partition coefficient (Wildman–Crippen LogP) is 3.17. The van der Waals surface area contributed by atoms with E-state index in [0.29, 0.717) is 18.4 Å². The summed E-state index contributed by atoms with van der Waals surface area (Å²) in [6.07, 6.45) is 4.86. The molecule has 21 heavy (non-hydrogen) atoms. The summed E-state index contributed by atoms with van der Waals surface area (Å²) >= 11 is 3.36. The maximum atomic E-state index is 11.8. The highest BCUT2D eigenvalue weighted by Crippen LogP contribution is 2.29. The average molecular weight is 355 g/mol. The molecule has 1 fully saturated rings. The molecule has 0 radical (unpaired) electrons. The fourth-order valence-corrected chi connectivity index (χ4v) is 3.11. The molecule has 2 unspecified atom stereocenters. The molecule has 0 spiro atoms. The van der Waals surface area contributed by atoms with E-state index in [1.807, 2.05) is 24.3 Å². The number of ether oxygens (including phenoxy) is 1. The second-order valence-electron chi connectivity index (χ2n) is 5.61. The summed E-state index contributed by atoms with van der Waals surface area (Å²) in [6, 6.07) is 7.50. The molecule has 0 aromatic heterocycles. The van der Waals surface area contributed by atoms with Crippen molar-refractivity contribution in [3.05, 3.63) is 28.7 Å². The molecule has 2 atom stereocenters. The van der Waals surface area contributed by atoms with Crippen molar-refractivity contribution in [3.8, 4) is 0 Å². The molecule has 116 valence electrons. The van der Waals surface area contributed by atoms with Crippen molar-refractivity contribution >= 4 is 27.5 Å². The average Bonchev–Trinajstić information content (AvgIpc) is 2.50. The topological polar surface area (TPSA) is 64.3 Å². The molecule has 1 amide bonds. The third kappa shape index (κ3) is 5.41. The summed E-state index contributed by atoms with van der Waals surface area (Å²) in [6.45, 7) is 1.46. The zero-order valence-corrected chi connectivity index (χ0v) is 13.8. The van der Waals surface area contributed by atoms with Crippen molar-refractivity contribution in [3.63, 3.8) is 0 Å². The predicted molar refractivity (Wildman–Crippen MR) is 88.1 cm³/mol. The van der Waals surface area contributed by atoms with Gasteiger partial charge in [0.15, 0.2) is 0 Å². The van der Waals surface area contributed by atoms with Crippen molar-refractivity contribution in [2.75, 3.05) is 25.1 Å². The van der Waals surface area contributed by atoms with Gasteiger partial charge in [-0.15, -0.1) is 0 Å². The first kappa shape index (κ1) is 16.5. The molecule has 0 bridgehead atoms. The van der Waals surface area contributed by atoms with Gasteiger partial charge in [-0.3, -0.25) is 4.79 Å². The van der Waals surface area contributed by atoms with Gasteiger partial charge in [0.25, 0.3) is 0 Å². The van der Waals surface area contributed by atoms with E-state index in [1.54, 1.807) is 0 Å². The molecule has 0 aliphatic heterocycles. The van der Waals surface area contributed by atoms with Gasteiger partial charge in [-0.2, -0.15) is 0 Å². The van der Waals surface area contributed by atoms with Crippen LogP contribution in [-0.4, -0.2) is 25.7 Å². The van der Waals surface area contributed by atoms with E-state index >= 15 is 0 Å². The molecule has 1 saturated carbocycles. The molecule has 1 aliphatic carbocycles. The molecule has 2 rings (SSSR count). The Morgan fingerprint density at radius 2 is 1.90 bits per heavy atom. The van der Waals surface area contributed by atoms with Crippen molar-refractivity contribution in [1.82, 2.24) is 0 Å². The van der Waals surface area contributed by atoms with Gasteiger partial charge >= 0.3 is 0 Å². The Kier molecular flexibility index (Phi) is 6.67. The highest BCUT2D eigenvalue weighted by Gasteiger charge is 2.24. The monoisotopic (exact) mass is 354 g/mol. The molecule has 1 aromatic rings. The lowest BCUT2D eigenvalue weighted by Gasteiger charge is -2.30. The number of amides is 1. The van der Waals surface area contributed by atoms with Crippen LogP contribution in [0.15, 0.2) is 28.7 Å². The molecule has 4 nitrogen and oxygen atoms in total. The Hall–Kier alpha value is -0.910. The quantitative estimate of drug-likeness (QED) is 0.824. The second kappa shape index (κ2) is 8.51. The smallest absolute Gasteiger partial charge is 0.250 e. The van der Waals surface area contributed by atoms with Crippen LogP contribution < -0.4 is 11.1 Å². The lowest BCUT2D eigenvalue weighted by molar-refractivity contribution is -0.121. The first-order chi connectivity index (χ1) is 10.2. The summed E-state index contributed by atoms with van der Waals surface area (Å²) in [4.78, 5) is 11.8. The minimum atomic E-state index is -0.113. The van der Waals surface area contributed by atoms with Crippen LogP contribution in [0, 0.1) is 11.8 Å². The molecule has 0 saturated heterocycles. The third-order valence-corrected chi connectivity index (χ3v) is 4.59. The first-order valence-corrected chi connectivity index (χ1v) is 8.31. The van der Waals surface area contributed by atoms with Gasteiger partial charge in [0.1, 0.15) is 6.61 Å². The minimum Gasteiger partial charge on any atom is -0.371 e. The van der Waals surface area contributed by atoms with Gasteiger partial charge in [-0.25, -0.2) is 0 Å². The molecule has 1 aliphatic rings. The van der Waals surface area contributed by atoms with E-state index in [4.69, 9.17) is 10.5 Å². The molecular formula is C16H23BrN2O2. The van der Waals surface area contributed by atoms with Crippen LogP contribution in [0.4, 0.5) is 5.69 Å². The van der Waals surface area contributed by atoms with Crippen molar-refractivity contribution in [2.24, 2.45) is 17.6 Å². The van der Waals surface area contributed by atoms with Crippen molar-refractivity contribution in [2.45, 2.75) is 25.7 Å². The number of benzene rings is 1. The van der Waals surface area contributed by atoms with Crippen LogP contribution in [-0.2, 0) is 9.53 Å². The van der Waals surface area contributed by atoms with E-state index < -0.39 is 0 Å². The highest BCUT2D eigenvalue weighted by atomic mass is 79.9. The standard InChI is InChI=1S/C16H23BrN2O2/c17-14-5-7-15(8-6-14)19-16(20)11-21-10-13-4-2-1-3-12(13)9-18/h5-8,12-13H,1-4,9-11,18H2,(H,19,20). The summed E-state index contributed by atoms with van der Waals surface area (Å²) in [7, 11) is 0. The maximum Gasteiger partial charge on any atom is 0.250 e. The maximum absolute atomic E-state index is 11.8. The molecule has 3 N–H and O–H groups in total. The number of carbonyl (C=O) groups excluding carboxylic acids is 1.